The molecule has 0 bridgehead atoms. The van der Waals surface area contributed by atoms with E-state index in [9.17, 15) is 4.39 Å². The maximum absolute atomic E-state index is 14.8. The van der Waals surface area contributed by atoms with Gasteiger partial charge in [-0.05, 0) is 70.3 Å². The summed E-state index contributed by atoms with van der Waals surface area (Å²) < 4.78 is 17.1. The van der Waals surface area contributed by atoms with E-state index in [4.69, 9.17) is 0 Å². The largest absolute Gasteiger partial charge is 0.337 e. The molecule has 1 fully saturated rings. The Balaban J connectivity index is 2.11. The molecule has 0 spiro atoms. The first-order chi connectivity index (χ1) is 10.4. The predicted octanol–water partition coefficient (Wildman–Crippen LogP) is 4.54. The van der Waals surface area contributed by atoms with Crippen molar-refractivity contribution in [3.8, 4) is 0 Å². The van der Waals surface area contributed by atoms with Crippen molar-refractivity contribution in [3.05, 3.63) is 34.8 Å². The highest BCUT2D eigenvalue weighted by Crippen LogP contribution is 2.45. The van der Waals surface area contributed by atoms with E-state index in [-0.39, 0.29) is 11.4 Å². The van der Waals surface area contributed by atoms with Crippen molar-refractivity contribution < 1.29 is 4.39 Å². The lowest BCUT2D eigenvalue weighted by Gasteiger charge is -2.33. The fourth-order valence-electron chi connectivity index (χ4n) is 4.61. The van der Waals surface area contributed by atoms with Crippen LogP contribution in [0.3, 0.4) is 0 Å². The average molecular weight is 300 g/mol. The number of fused-ring (bicyclic) bond motifs is 5. The SMILES string of the molecule is Cc1cc(F)c2c(c1)c1c(n2C(C)(C)C)CCN2CCCC12. The van der Waals surface area contributed by atoms with Gasteiger partial charge in [-0.2, -0.15) is 0 Å². The van der Waals surface area contributed by atoms with E-state index in [1.807, 2.05) is 6.92 Å². The van der Waals surface area contributed by atoms with Gasteiger partial charge < -0.3 is 4.57 Å². The summed E-state index contributed by atoms with van der Waals surface area (Å²) in [5.74, 6) is -0.0659. The summed E-state index contributed by atoms with van der Waals surface area (Å²) in [5.41, 5.74) is 4.53. The van der Waals surface area contributed by atoms with Gasteiger partial charge in [-0.25, -0.2) is 4.39 Å². The van der Waals surface area contributed by atoms with Crippen molar-refractivity contribution in [1.29, 1.82) is 0 Å². The molecule has 1 saturated heterocycles. The molecule has 2 nitrogen and oxygen atoms in total. The van der Waals surface area contributed by atoms with Gasteiger partial charge in [0.15, 0.2) is 0 Å². The molecule has 22 heavy (non-hydrogen) atoms. The fourth-order valence-corrected chi connectivity index (χ4v) is 4.61. The smallest absolute Gasteiger partial charge is 0.147 e. The maximum atomic E-state index is 14.8. The lowest BCUT2D eigenvalue weighted by molar-refractivity contribution is 0.237. The summed E-state index contributed by atoms with van der Waals surface area (Å²) in [6, 6.07) is 4.38. The zero-order valence-corrected chi connectivity index (χ0v) is 14.0. The van der Waals surface area contributed by atoms with Gasteiger partial charge in [0.05, 0.1) is 5.52 Å². The summed E-state index contributed by atoms with van der Waals surface area (Å²) in [6.45, 7) is 10.9. The molecule has 0 N–H and O–H groups in total. The van der Waals surface area contributed by atoms with E-state index >= 15 is 0 Å². The second kappa shape index (κ2) is 4.58. The van der Waals surface area contributed by atoms with Crippen LogP contribution >= 0.6 is 0 Å². The van der Waals surface area contributed by atoms with Crippen LogP contribution in [0.2, 0.25) is 0 Å². The normalized spacial score (nSPS) is 22.1. The molecular formula is C19H25FN2. The van der Waals surface area contributed by atoms with Crippen molar-refractivity contribution in [3.63, 3.8) is 0 Å². The van der Waals surface area contributed by atoms with Crippen LogP contribution < -0.4 is 0 Å². The molecule has 118 valence electrons. The molecule has 3 heteroatoms. The van der Waals surface area contributed by atoms with Crippen molar-refractivity contribution in [2.75, 3.05) is 13.1 Å². The molecule has 1 aromatic carbocycles. The van der Waals surface area contributed by atoms with Gasteiger partial charge in [0.2, 0.25) is 0 Å². The summed E-state index contributed by atoms with van der Waals surface area (Å²) in [7, 11) is 0. The van der Waals surface area contributed by atoms with E-state index in [1.54, 1.807) is 6.07 Å². The van der Waals surface area contributed by atoms with Crippen LogP contribution in [0.15, 0.2) is 12.1 Å². The minimum atomic E-state index is -0.0945. The third-order valence-corrected chi connectivity index (χ3v) is 5.31. The molecule has 0 saturated carbocycles. The summed E-state index contributed by atoms with van der Waals surface area (Å²) in [4.78, 5) is 2.59. The van der Waals surface area contributed by atoms with Crippen LogP contribution in [-0.2, 0) is 12.0 Å². The molecule has 0 radical (unpaired) electrons. The highest BCUT2D eigenvalue weighted by molar-refractivity contribution is 5.88. The molecule has 2 aliphatic heterocycles. The van der Waals surface area contributed by atoms with Crippen molar-refractivity contribution >= 4 is 10.9 Å². The van der Waals surface area contributed by atoms with Crippen molar-refractivity contribution in [2.45, 2.75) is 58.5 Å². The molecule has 2 aromatic rings. The monoisotopic (exact) mass is 300 g/mol. The van der Waals surface area contributed by atoms with Crippen LogP contribution in [0.5, 0.6) is 0 Å². The number of nitrogens with zero attached hydrogens (tertiary/aromatic N) is 2. The highest BCUT2D eigenvalue weighted by Gasteiger charge is 2.37. The first-order valence-corrected chi connectivity index (χ1v) is 8.46. The number of benzene rings is 1. The number of aromatic nitrogens is 1. The van der Waals surface area contributed by atoms with Gasteiger partial charge in [-0.15, -0.1) is 0 Å². The van der Waals surface area contributed by atoms with Crippen LogP contribution in [0.25, 0.3) is 10.9 Å². The number of halogens is 1. The van der Waals surface area contributed by atoms with Crippen LogP contribution in [-0.4, -0.2) is 22.6 Å². The Kier molecular flexibility index (Phi) is 2.96. The third-order valence-electron chi connectivity index (χ3n) is 5.31. The van der Waals surface area contributed by atoms with E-state index in [0.717, 1.165) is 29.4 Å². The Morgan fingerprint density at radius 2 is 1.95 bits per heavy atom. The van der Waals surface area contributed by atoms with Crippen LogP contribution in [0.1, 0.15) is 56.5 Å². The molecule has 4 rings (SSSR count). The van der Waals surface area contributed by atoms with Gasteiger partial charge in [0, 0.05) is 35.6 Å². The molecule has 1 unspecified atom stereocenters. The summed E-state index contributed by atoms with van der Waals surface area (Å²) in [5, 5.41) is 1.15. The van der Waals surface area contributed by atoms with Crippen molar-refractivity contribution in [1.82, 2.24) is 9.47 Å². The fraction of sp³-hybridized carbons (Fsp3) is 0.579. The van der Waals surface area contributed by atoms with Gasteiger partial charge in [0.1, 0.15) is 5.82 Å². The molecule has 2 aliphatic rings. The number of rotatable bonds is 0. The Morgan fingerprint density at radius 3 is 2.68 bits per heavy atom. The zero-order chi connectivity index (χ0) is 15.6. The predicted molar refractivity (Wildman–Crippen MR) is 88.9 cm³/mol. The number of aryl methyl sites for hydroxylation is 1. The maximum Gasteiger partial charge on any atom is 0.147 e. The van der Waals surface area contributed by atoms with Gasteiger partial charge in [-0.1, -0.05) is 0 Å². The van der Waals surface area contributed by atoms with Crippen molar-refractivity contribution in [2.24, 2.45) is 0 Å². The molecule has 0 amide bonds. The average Bonchev–Trinajstić information content (AvgIpc) is 2.98. The second-order valence-corrected chi connectivity index (χ2v) is 7.95. The van der Waals surface area contributed by atoms with Gasteiger partial charge >= 0.3 is 0 Å². The summed E-state index contributed by atoms with van der Waals surface area (Å²) >= 11 is 0. The second-order valence-electron chi connectivity index (χ2n) is 7.95. The first kappa shape index (κ1) is 14.3. The highest BCUT2D eigenvalue weighted by atomic mass is 19.1. The van der Waals surface area contributed by atoms with Crippen LogP contribution in [0.4, 0.5) is 4.39 Å². The minimum Gasteiger partial charge on any atom is -0.337 e. The molecule has 1 aromatic heterocycles. The number of hydrogen-bond acceptors (Lipinski definition) is 1. The third kappa shape index (κ3) is 1.88. The lowest BCUT2D eigenvalue weighted by atomic mass is 9.95. The standard InChI is InChI=1S/C19H25FN2/c1-12-10-13-17-15-6-5-8-21(15)9-7-16(17)22(19(2,3)4)18(13)14(20)11-12/h10-11,15H,5-9H2,1-4H3. The molecule has 3 heterocycles. The lowest BCUT2D eigenvalue weighted by Crippen LogP contribution is -2.33. The van der Waals surface area contributed by atoms with E-state index in [0.29, 0.717) is 6.04 Å². The Hall–Kier alpha value is -1.35. The van der Waals surface area contributed by atoms with E-state index in [1.165, 1.54) is 30.6 Å². The summed E-state index contributed by atoms with van der Waals surface area (Å²) in [6.07, 6.45) is 3.52. The topological polar surface area (TPSA) is 8.17 Å². The Morgan fingerprint density at radius 1 is 1.18 bits per heavy atom. The van der Waals surface area contributed by atoms with E-state index in [2.05, 4.69) is 36.3 Å². The molecular weight excluding hydrogens is 275 g/mol. The first-order valence-electron chi connectivity index (χ1n) is 8.46. The van der Waals surface area contributed by atoms with Gasteiger partial charge in [-0.3, -0.25) is 4.90 Å². The van der Waals surface area contributed by atoms with E-state index < -0.39 is 0 Å². The Labute approximate surface area is 131 Å². The quantitative estimate of drug-likeness (QED) is 0.693. The number of hydrogen-bond donors (Lipinski definition) is 0. The molecule has 0 aliphatic carbocycles. The van der Waals surface area contributed by atoms with Crippen LogP contribution in [0, 0.1) is 12.7 Å². The minimum absolute atomic E-state index is 0.0659. The van der Waals surface area contributed by atoms with Gasteiger partial charge in [0.25, 0.3) is 0 Å². The zero-order valence-electron chi connectivity index (χ0n) is 14.0. The molecule has 1 atom stereocenters. The Bertz CT molecular complexity index is 751.